The van der Waals surface area contributed by atoms with E-state index in [-0.39, 0.29) is 17.6 Å². The van der Waals surface area contributed by atoms with Crippen molar-refractivity contribution in [1.82, 2.24) is 5.32 Å². The average Bonchev–Trinajstić information content (AvgIpc) is 3.14. The van der Waals surface area contributed by atoms with E-state index in [1.165, 1.54) is 12.1 Å². The van der Waals surface area contributed by atoms with Gasteiger partial charge >= 0.3 is 0 Å². The SMILES string of the molecule is Nc1cc(Br)c(F)cc1NCCNC(=O)C1CC1. The normalized spacial score (nSPS) is 14.3. The summed E-state index contributed by atoms with van der Waals surface area (Å²) in [5, 5.41) is 5.81. The first-order chi connectivity index (χ1) is 8.58. The third-order valence-corrected chi connectivity index (χ3v) is 3.39. The quantitative estimate of drug-likeness (QED) is 0.576. The van der Waals surface area contributed by atoms with Gasteiger partial charge in [0.15, 0.2) is 0 Å². The summed E-state index contributed by atoms with van der Waals surface area (Å²) in [6, 6.07) is 2.85. The van der Waals surface area contributed by atoms with Crippen molar-refractivity contribution in [2.45, 2.75) is 12.8 Å². The van der Waals surface area contributed by atoms with Crippen LogP contribution in [0.5, 0.6) is 0 Å². The lowest BCUT2D eigenvalue weighted by molar-refractivity contribution is -0.122. The number of nitrogens with one attached hydrogen (secondary N) is 2. The number of carbonyl (C=O) groups is 1. The molecule has 1 fully saturated rings. The van der Waals surface area contributed by atoms with E-state index in [0.717, 1.165) is 12.8 Å². The minimum atomic E-state index is -0.367. The van der Waals surface area contributed by atoms with E-state index < -0.39 is 0 Å². The van der Waals surface area contributed by atoms with Crippen LogP contribution in [0.3, 0.4) is 0 Å². The molecular formula is C12H15BrFN3O. The van der Waals surface area contributed by atoms with E-state index in [1.54, 1.807) is 0 Å². The Morgan fingerprint density at radius 3 is 2.83 bits per heavy atom. The molecule has 1 aliphatic carbocycles. The predicted molar refractivity (Wildman–Crippen MR) is 72.7 cm³/mol. The van der Waals surface area contributed by atoms with Gasteiger partial charge in [0, 0.05) is 25.1 Å². The molecule has 1 aliphatic rings. The van der Waals surface area contributed by atoms with Crippen molar-refractivity contribution < 1.29 is 9.18 Å². The molecule has 0 radical (unpaired) electrons. The average molecular weight is 316 g/mol. The molecule has 2 rings (SSSR count). The number of nitrogens with two attached hydrogens (primary N) is 1. The van der Waals surface area contributed by atoms with Gasteiger partial charge in [0.2, 0.25) is 5.91 Å². The van der Waals surface area contributed by atoms with Crippen LogP contribution in [0.4, 0.5) is 15.8 Å². The fourth-order valence-corrected chi connectivity index (χ4v) is 1.95. The smallest absolute Gasteiger partial charge is 0.223 e. The lowest BCUT2D eigenvalue weighted by atomic mass is 10.2. The number of halogens is 2. The van der Waals surface area contributed by atoms with Gasteiger partial charge in [0.1, 0.15) is 5.82 Å². The van der Waals surface area contributed by atoms with E-state index in [9.17, 15) is 9.18 Å². The summed E-state index contributed by atoms with van der Waals surface area (Å²) in [6.07, 6.45) is 1.98. The first-order valence-corrected chi connectivity index (χ1v) is 6.63. The van der Waals surface area contributed by atoms with E-state index in [2.05, 4.69) is 26.6 Å². The Morgan fingerprint density at radius 2 is 2.17 bits per heavy atom. The van der Waals surface area contributed by atoms with Crippen molar-refractivity contribution in [3.63, 3.8) is 0 Å². The highest BCUT2D eigenvalue weighted by molar-refractivity contribution is 9.10. The zero-order chi connectivity index (χ0) is 13.1. The molecule has 0 bridgehead atoms. The molecule has 0 aromatic heterocycles. The Labute approximate surface area is 113 Å². The summed E-state index contributed by atoms with van der Waals surface area (Å²) >= 11 is 3.06. The number of nitrogen functional groups attached to an aromatic ring is 1. The van der Waals surface area contributed by atoms with Gasteiger partial charge in [-0.25, -0.2) is 4.39 Å². The van der Waals surface area contributed by atoms with E-state index in [0.29, 0.717) is 28.9 Å². The van der Waals surface area contributed by atoms with Crippen molar-refractivity contribution in [3.05, 3.63) is 22.4 Å². The highest BCUT2D eigenvalue weighted by Gasteiger charge is 2.28. The van der Waals surface area contributed by atoms with E-state index >= 15 is 0 Å². The number of benzene rings is 1. The van der Waals surface area contributed by atoms with Gasteiger partial charge in [-0.15, -0.1) is 0 Å². The lowest BCUT2D eigenvalue weighted by Gasteiger charge is -2.11. The molecule has 1 amide bonds. The van der Waals surface area contributed by atoms with Crippen molar-refractivity contribution in [1.29, 1.82) is 0 Å². The molecule has 0 unspecified atom stereocenters. The summed E-state index contributed by atoms with van der Waals surface area (Å²) < 4.78 is 13.6. The molecule has 0 atom stereocenters. The van der Waals surface area contributed by atoms with Gasteiger partial charge in [-0.2, -0.15) is 0 Å². The van der Waals surface area contributed by atoms with Gasteiger partial charge in [-0.3, -0.25) is 4.79 Å². The number of rotatable bonds is 5. The van der Waals surface area contributed by atoms with Gasteiger partial charge in [0.05, 0.1) is 15.8 Å². The maximum atomic E-state index is 13.3. The molecule has 0 aliphatic heterocycles. The van der Waals surface area contributed by atoms with Crippen LogP contribution in [-0.2, 0) is 4.79 Å². The molecule has 1 aromatic carbocycles. The van der Waals surface area contributed by atoms with Gasteiger partial charge in [-0.05, 0) is 34.8 Å². The third kappa shape index (κ3) is 3.35. The molecule has 0 spiro atoms. The second-order valence-electron chi connectivity index (χ2n) is 4.35. The molecule has 1 aromatic rings. The Hall–Kier alpha value is -1.30. The Kier molecular flexibility index (Phi) is 4.06. The summed E-state index contributed by atoms with van der Waals surface area (Å²) in [6.45, 7) is 1.02. The molecule has 6 heteroatoms. The van der Waals surface area contributed by atoms with E-state index in [1.807, 2.05) is 0 Å². The van der Waals surface area contributed by atoms with Crippen molar-refractivity contribution in [2.24, 2.45) is 5.92 Å². The van der Waals surface area contributed by atoms with Crippen LogP contribution in [0.2, 0.25) is 0 Å². The summed E-state index contributed by atoms with van der Waals surface area (Å²) in [5.41, 5.74) is 6.75. The Balaban J connectivity index is 1.79. The Bertz CT molecular complexity index is 463. The molecule has 1 saturated carbocycles. The number of hydrogen-bond acceptors (Lipinski definition) is 3. The first kappa shape index (κ1) is 13.1. The topological polar surface area (TPSA) is 67.2 Å². The minimum Gasteiger partial charge on any atom is -0.397 e. The number of hydrogen-bond donors (Lipinski definition) is 3. The second kappa shape index (κ2) is 5.56. The fourth-order valence-electron chi connectivity index (χ4n) is 1.59. The Morgan fingerprint density at radius 1 is 1.44 bits per heavy atom. The van der Waals surface area contributed by atoms with Crippen LogP contribution >= 0.6 is 15.9 Å². The first-order valence-electron chi connectivity index (χ1n) is 5.84. The van der Waals surface area contributed by atoms with Crippen molar-refractivity contribution in [2.75, 3.05) is 24.1 Å². The summed E-state index contributed by atoms with van der Waals surface area (Å²) in [7, 11) is 0. The minimum absolute atomic E-state index is 0.103. The zero-order valence-corrected chi connectivity index (χ0v) is 11.4. The predicted octanol–water partition coefficient (Wildman–Crippen LogP) is 2.11. The molecule has 4 N–H and O–H groups in total. The van der Waals surface area contributed by atoms with Crippen LogP contribution in [0.15, 0.2) is 16.6 Å². The molecule has 4 nitrogen and oxygen atoms in total. The van der Waals surface area contributed by atoms with Gasteiger partial charge in [0.25, 0.3) is 0 Å². The molecule has 0 saturated heterocycles. The highest BCUT2D eigenvalue weighted by atomic mass is 79.9. The largest absolute Gasteiger partial charge is 0.397 e. The number of amides is 1. The van der Waals surface area contributed by atoms with Crippen molar-refractivity contribution in [3.8, 4) is 0 Å². The monoisotopic (exact) mass is 315 g/mol. The van der Waals surface area contributed by atoms with Crippen molar-refractivity contribution >= 4 is 33.2 Å². The van der Waals surface area contributed by atoms with Crippen LogP contribution in [0.1, 0.15) is 12.8 Å². The second-order valence-corrected chi connectivity index (χ2v) is 5.20. The fraction of sp³-hybridized carbons (Fsp3) is 0.417. The molecular weight excluding hydrogens is 301 g/mol. The third-order valence-electron chi connectivity index (χ3n) is 2.78. The van der Waals surface area contributed by atoms with Crippen LogP contribution in [0, 0.1) is 11.7 Å². The number of anilines is 2. The highest BCUT2D eigenvalue weighted by Crippen LogP contribution is 2.28. The van der Waals surface area contributed by atoms with Crippen LogP contribution in [0.25, 0.3) is 0 Å². The van der Waals surface area contributed by atoms with Crippen LogP contribution < -0.4 is 16.4 Å². The van der Waals surface area contributed by atoms with Gasteiger partial charge in [-0.1, -0.05) is 0 Å². The van der Waals surface area contributed by atoms with Crippen LogP contribution in [-0.4, -0.2) is 19.0 Å². The van der Waals surface area contributed by atoms with Gasteiger partial charge < -0.3 is 16.4 Å². The number of carbonyl (C=O) groups excluding carboxylic acids is 1. The molecule has 0 heterocycles. The maximum absolute atomic E-state index is 13.3. The summed E-state index contributed by atoms with van der Waals surface area (Å²) in [5.74, 6) is -0.0549. The summed E-state index contributed by atoms with van der Waals surface area (Å²) in [4.78, 5) is 11.4. The zero-order valence-electron chi connectivity index (χ0n) is 9.80. The lowest BCUT2D eigenvalue weighted by Crippen LogP contribution is -2.29. The molecule has 18 heavy (non-hydrogen) atoms. The maximum Gasteiger partial charge on any atom is 0.223 e. The molecule has 98 valence electrons. The standard InChI is InChI=1S/C12H15BrFN3O/c13-8-5-10(15)11(6-9(8)14)16-3-4-17-12(18)7-1-2-7/h5-7,16H,1-4,15H2,(H,17,18). The van der Waals surface area contributed by atoms with E-state index in [4.69, 9.17) is 5.73 Å².